The molecule has 7 nitrogen and oxygen atoms in total. The molecule has 2 N–H and O–H groups in total. The van der Waals surface area contributed by atoms with Crippen molar-refractivity contribution < 1.29 is 17.9 Å². The average Bonchev–Trinajstić information content (AvgIpc) is 3.10. The van der Waals surface area contributed by atoms with Crippen molar-refractivity contribution in [3.8, 4) is 0 Å². The van der Waals surface area contributed by atoms with Crippen molar-refractivity contribution in [2.75, 3.05) is 6.61 Å². The number of aromatic nitrogens is 2. The molecule has 0 radical (unpaired) electrons. The number of aromatic amines is 1. The average molecular weight is 315 g/mol. The van der Waals surface area contributed by atoms with Crippen LogP contribution in [0.25, 0.3) is 0 Å². The van der Waals surface area contributed by atoms with E-state index >= 15 is 0 Å². The quantitative estimate of drug-likeness (QED) is 0.774. The van der Waals surface area contributed by atoms with E-state index < -0.39 is 16.0 Å². The fourth-order valence-corrected chi connectivity index (χ4v) is 4.09. The Labute approximate surface area is 124 Å². The van der Waals surface area contributed by atoms with Crippen LogP contribution in [0.5, 0.6) is 0 Å². The van der Waals surface area contributed by atoms with Gasteiger partial charge in [-0.2, -0.15) is 5.10 Å². The number of rotatable bonds is 6. The van der Waals surface area contributed by atoms with Crippen LogP contribution in [-0.4, -0.2) is 37.2 Å². The fraction of sp³-hybridized carbons (Fsp3) is 0.692. The molecule has 0 aliphatic heterocycles. The van der Waals surface area contributed by atoms with E-state index in [9.17, 15) is 13.2 Å². The van der Waals surface area contributed by atoms with Gasteiger partial charge in [0.1, 0.15) is 5.56 Å². The molecule has 1 fully saturated rings. The number of carbonyl (C=O) groups is 1. The Hall–Kier alpha value is -1.41. The number of carbonyl (C=O) groups excluding carboxylic acids is 1. The predicted octanol–water partition coefficient (Wildman–Crippen LogP) is 1.44. The molecule has 0 unspecified atom stereocenters. The van der Waals surface area contributed by atoms with E-state index in [-0.39, 0.29) is 23.2 Å². The molecule has 8 heteroatoms. The molecular weight excluding hydrogens is 294 g/mol. The zero-order valence-electron chi connectivity index (χ0n) is 12.3. The van der Waals surface area contributed by atoms with E-state index in [0.29, 0.717) is 5.92 Å². The van der Waals surface area contributed by atoms with Crippen molar-refractivity contribution in [1.29, 1.82) is 0 Å². The van der Waals surface area contributed by atoms with Gasteiger partial charge in [0.25, 0.3) is 10.0 Å². The minimum atomic E-state index is -3.82. The van der Waals surface area contributed by atoms with Crippen molar-refractivity contribution >= 4 is 16.0 Å². The molecule has 1 aromatic rings. The van der Waals surface area contributed by atoms with Crippen molar-refractivity contribution in [3.63, 3.8) is 0 Å². The van der Waals surface area contributed by atoms with E-state index in [1.807, 2.05) is 6.92 Å². The zero-order chi connectivity index (χ0) is 15.5. The third-order valence-corrected chi connectivity index (χ3v) is 5.35. The molecule has 1 aliphatic carbocycles. The Balaban J connectivity index is 2.16. The maximum absolute atomic E-state index is 12.4. The van der Waals surface area contributed by atoms with E-state index in [2.05, 4.69) is 14.9 Å². The number of nitrogens with one attached hydrogen (secondary N) is 2. The van der Waals surface area contributed by atoms with Gasteiger partial charge in [-0.1, -0.05) is 12.8 Å². The highest BCUT2D eigenvalue weighted by atomic mass is 32.2. The molecule has 0 aromatic carbocycles. The Morgan fingerprint density at radius 2 is 2.19 bits per heavy atom. The van der Waals surface area contributed by atoms with Crippen molar-refractivity contribution in [3.05, 3.63) is 11.8 Å². The Kier molecular flexibility index (Phi) is 5.00. The van der Waals surface area contributed by atoms with Gasteiger partial charge in [0.05, 0.1) is 12.8 Å². The number of hydrogen-bond donors (Lipinski definition) is 2. The highest BCUT2D eigenvalue weighted by Crippen LogP contribution is 2.28. The summed E-state index contributed by atoms with van der Waals surface area (Å²) < 4.78 is 32.3. The second-order valence-corrected chi connectivity index (χ2v) is 6.94. The van der Waals surface area contributed by atoms with Gasteiger partial charge in [-0.15, -0.1) is 0 Å². The fourth-order valence-electron chi connectivity index (χ4n) is 2.69. The molecule has 21 heavy (non-hydrogen) atoms. The Bertz CT molecular complexity index is 590. The van der Waals surface area contributed by atoms with Crippen molar-refractivity contribution in [2.45, 2.75) is 50.6 Å². The van der Waals surface area contributed by atoms with Gasteiger partial charge >= 0.3 is 5.97 Å². The first-order chi connectivity index (χ1) is 9.95. The SMILES string of the molecule is CCOC(=O)c1cn[nH]c1S(=O)(=O)N[C@H](C)C1CCCC1. The second-order valence-electron chi connectivity index (χ2n) is 5.29. The Morgan fingerprint density at radius 3 is 2.81 bits per heavy atom. The van der Waals surface area contributed by atoms with Crippen LogP contribution in [-0.2, 0) is 14.8 Å². The smallest absolute Gasteiger partial charge is 0.342 e. The highest BCUT2D eigenvalue weighted by Gasteiger charge is 2.30. The summed E-state index contributed by atoms with van der Waals surface area (Å²) in [6, 6.07) is -0.171. The van der Waals surface area contributed by atoms with E-state index in [1.54, 1.807) is 6.92 Å². The number of ether oxygens (including phenoxy) is 1. The van der Waals surface area contributed by atoms with E-state index in [1.165, 1.54) is 6.20 Å². The standard InChI is InChI=1S/C13H21N3O4S/c1-3-20-13(17)11-8-14-15-12(11)21(18,19)16-9(2)10-6-4-5-7-10/h8-10,16H,3-7H2,1-2H3,(H,14,15)/t9-/m1/s1. The van der Waals surface area contributed by atoms with Crippen molar-refractivity contribution in [1.82, 2.24) is 14.9 Å². The van der Waals surface area contributed by atoms with Crippen LogP contribution in [0, 0.1) is 5.92 Å². The third kappa shape index (κ3) is 3.62. The summed E-state index contributed by atoms with van der Waals surface area (Å²) in [6.45, 7) is 3.69. The molecule has 1 atom stereocenters. The number of hydrogen-bond acceptors (Lipinski definition) is 5. The summed E-state index contributed by atoms with van der Waals surface area (Å²) in [6.07, 6.45) is 5.49. The van der Waals surface area contributed by atoms with Gasteiger partial charge in [-0.05, 0) is 32.6 Å². The molecule has 1 aromatic heterocycles. The molecule has 118 valence electrons. The van der Waals surface area contributed by atoms with Gasteiger partial charge in [0.15, 0.2) is 5.03 Å². The number of esters is 1. The van der Waals surface area contributed by atoms with Gasteiger partial charge in [-0.3, -0.25) is 5.10 Å². The lowest BCUT2D eigenvalue weighted by molar-refractivity contribution is 0.0522. The molecule has 1 saturated carbocycles. The maximum atomic E-state index is 12.4. The van der Waals surface area contributed by atoms with Crippen LogP contribution in [0.15, 0.2) is 11.2 Å². The van der Waals surface area contributed by atoms with Crippen LogP contribution in [0.4, 0.5) is 0 Å². The molecule has 0 amide bonds. The number of H-pyrrole nitrogens is 1. The maximum Gasteiger partial charge on any atom is 0.342 e. The summed E-state index contributed by atoms with van der Waals surface area (Å²) in [7, 11) is -3.82. The summed E-state index contributed by atoms with van der Waals surface area (Å²) in [5, 5.41) is 5.80. The second kappa shape index (κ2) is 6.57. The van der Waals surface area contributed by atoms with Crippen LogP contribution in [0.3, 0.4) is 0 Å². The predicted molar refractivity (Wildman–Crippen MR) is 76.3 cm³/mol. The molecular formula is C13H21N3O4S. The first-order valence-electron chi connectivity index (χ1n) is 7.18. The molecule has 0 spiro atoms. The Morgan fingerprint density at radius 1 is 1.52 bits per heavy atom. The summed E-state index contributed by atoms with van der Waals surface area (Å²) >= 11 is 0. The monoisotopic (exact) mass is 315 g/mol. The van der Waals surface area contributed by atoms with Crippen molar-refractivity contribution in [2.24, 2.45) is 5.92 Å². The van der Waals surface area contributed by atoms with E-state index in [0.717, 1.165) is 25.7 Å². The highest BCUT2D eigenvalue weighted by molar-refractivity contribution is 7.89. The lowest BCUT2D eigenvalue weighted by Gasteiger charge is -2.19. The first-order valence-corrected chi connectivity index (χ1v) is 8.67. The molecule has 0 saturated heterocycles. The molecule has 1 heterocycles. The van der Waals surface area contributed by atoms with Crippen LogP contribution < -0.4 is 4.72 Å². The zero-order valence-corrected chi connectivity index (χ0v) is 13.1. The lowest BCUT2D eigenvalue weighted by Crippen LogP contribution is -2.38. The minimum absolute atomic E-state index is 0.0667. The first kappa shape index (κ1) is 16.0. The van der Waals surface area contributed by atoms with Gasteiger partial charge in [0.2, 0.25) is 0 Å². The van der Waals surface area contributed by atoms with Gasteiger partial charge in [0, 0.05) is 6.04 Å². The van der Waals surface area contributed by atoms with Gasteiger partial charge < -0.3 is 4.74 Å². The normalized spacial score (nSPS) is 17.8. The molecule has 0 bridgehead atoms. The van der Waals surface area contributed by atoms with E-state index in [4.69, 9.17) is 4.74 Å². The third-order valence-electron chi connectivity index (χ3n) is 3.82. The summed E-state index contributed by atoms with van der Waals surface area (Å²) in [5.41, 5.74) is -0.0667. The van der Waals surface area contributed by atoms with Crippen LogP contribution >= 0.6 is 0 Å². The molecule has 2 rings (SSSR count). The topological polar surface area (TPSA) is 101 Å². The minimum Gasteiger partial charge on any atom is -0.462 e. The van der Waals surface area contributed by atoms with Gasteiger partial charge in [-0.25, -0.2) is 17.9 Å². The molecule has 1 aliphatic rings. The van der Waals surface area contributed by atoms with Crippen LogP contribution in [0.1, 0.15) is 49.9 Å². The summed E-state index contributed by atoms with van der Waals surface area (Å²) in [5.74, 6) is -0.353. The summed E-state index contributed by atoms with van der Waals surface area (Å²) in [4.78, 5) is 11.7. The number of nitrogens with zero attached hydrogens (tertiary/aromatic N) is 1. The lowest BCUT2D eigenvalue weighted by atomic mass is 10.0. The van der Waals surface area contributed by atoms with Crippen LogP contribution in [0.2, 0.25) is 0 Å². The number of sulfonamides is 1. The largest absolute Gasteiger partial charge is 0.462 e.